The zero-order valence-electron chi connectivity index (χ0n) is 9.34. The first-order valence-corrected chi connectivity index (χ1v) is 7.06. The van der Waals surface area contributed by atoms with Crippen LogP contribution in [0.1, 0.15) is 10.4 Å². The molecule has 6 nitrogen and oxygen atoms in total. The smallest absolute Gasteiger partial charge is 0.335 e. The summed E-state index contributed by atoms with van der Waals surface area (Å²) in [6.07, 6.45) is 0. The van der Waals surface area contributed by atoms with Gasteiger partial charge in [-0.05, 0) is 6.07 Å². The predicted octanol–water partition coefficient (Wildman–Crippen LogP) is 0.154. The van der Waals surface area contributed by atoms with Crippen LogP contribution in [0.5, 0.6) is 0 Å². The van der Waals surface area contributed by atoms with Crippen LogP contribution in [-0.4, -0.2) is 49.1 Å². The lowest BCUT2D eigenvalue weighted by molar-refractivity contribution is 0.0696. The molecule has 0 bridgehead atoms. The minimum absolute atomic E-state index is 0.0341. The molecule has 0 unspecified atom stereocenters. The fourth-order valence-electron chi connectivity index (χ4n) is 1.71. The zero-order valence-corrected chi connectivity index (χ0v) is 10.2. The predicted molar refractivity (Wildman–Crippen MR) is 62.0 cm³/mol. The summed E-state index contributed by atoms with van der Waals surface area (Å²) < 4.78 is 35.7. The second-order valence-corrected chi connectivity index (χ2v) is 6.28. The van der Waals surface area contributed by atoms with E-state index in [4.69, 9.17) is 5.11 Å². The summed E-state index contributed by atoms with van der Waals surface area (Å²) in [5, 5.41) is 8.81. The number of nitrogens with zero attached hydrogens (tertiary/aromatic N) is 2. The quantitative estimate of drug-likeness (QED) is 0.773. The molecule has 18 heavy (non-hydrogen) atoms. The highest BCUT2D eigenvalue weighted by molar-refractivity contribution is 7.91. The molecule has 1 aromatic heterocycles. The van der Waals surface area contributed by atoms with E-state index in [1.807, 2.05) is 0 Å². The van der Waals surface area contributed by atoms with Crippen molar-refractivity contribution in [2.75, 3.05) is 29.5 Å². The molecule has 2 rings (SSSR count). The largest absolute Gasteiger partial charge is 0.478 e. The number of hydrogen-bond donors (Lipinski definition) is 1. The van der Waals surface area contributed by atoms with Crippen LogP contribution in [0.25, 0.3) is 0 Å². The van der Waals surface area contributed by atoms with Crippen LogP contribution in [0.2, 0.25) is 0 Å². The molecule has 0 radical (unpaired) electrons. The second kappa shape index (κ2) is 4.52. The molecule has 2 heterocycles. The maximum atomic E-state index is 13.2. The first kappa shape index (κ1) is 12.7. The highest BCUT2D eigenvalue weighted by Crippen LogP contribution is 2.17. The average Bonchev–Trinajstić information content (AvgIpc) is 2.28. The molecular formula is C10H11FN2O4S. The SMILES string of the molecule is O=C(O)c1cc(F)nc(N2CCS(=O)(=O)CC2)c1. The van der Waals surface area contributed by atoms with E-state index in [0.717, 1.165) is 6.07 Å². The Bertz CT molecular complexity index is 574. The zero-order chi connectivity index (χ0) is 13.3. The van der Waals surface area contributed by atoms with Gasteiger partial charge in [-0.15, -0.1) is 0 Å². The van der Waals surface area contributed by atoms with Crippen molar-refractivity contribution < 1.29 is 22.7 Å². The van der Waals surface area contributed by atoms with Crippen LogP contribution < -0.4 is 4.90 Å². The Kier molecular flexibility index (Phi) is 3.20. The summed E-state index contributed by atoms with van der Waals surface area (Å²) in [6, 6.07) is 2.07. The molecule has 0 amide bonds. The number of carbonyl (C=O) groups is 1. The molecule has 0 aromatic carbocycles. The number of carboxylic acid groups (broad SMARTS) is 1. The topological polar surface area (TPSA) is 87.6 Å². The Morgan fingerprint density at radius 2 is 1.94 bits per heavy atom. The Morgan fingerprint density at radius 3 is 2.50 bits per heavy atom. The van der Waals surface area contributed by atoms with E-state index in [1.54, 1.807) is 4.90 Å². The maximum absolute atomic E-state index is 13.2. The second-order valence-electron chi connectivity index (χ2n) is 3.98. The Balaban J connectivity index is 2.26. The van der Waals surface area contributed by atoms with E-state index in [2.05, 4.69) is 4.98 Å². The van der Waals surface area contributed by atoms with Crippen LogP contribution in [0.15, 0.2) is 12.1 Å². The molecule has 1 aliphatic rings. The Labute approximate surface area is 103 Å². The third-order valence-corrected chi connectivity index (χ3v) is 4.31. The van der Waals surface area contributed by atoms with Crippen molar-refractivity contribution in [3.63, 3.8) is 0 Å². The van der Waals surface area contributed by atoms with Crippen molar-refractivity contribution in [3.8, 4) is 0 Å². The maximum Gasteiger partial charge on any atom is 0.335 e. The van der Waals surface area contributed by atoms with Gasteiger partial charge in [-0.2, -0.15) is 4.39 Å². The van der Waals surface area contributed by atoms with Gasteiger partial charge in [-0.25, -0.2) is 18.2 Å². The van der Waals surface area contributed by atoms with Gasteiger partial charge in [0.25, 0.3) is 0 Å². The highest BCUT2D eigenvalue weighted by atomic mass is 32.2. The number of sulfone groups is 1. The number of anilines is 1. The lowest BCUT2D eigenvalue weighted by Crippen LogP contribution is -2.40. The van der Waals surface area contributed by atoms with Crippen LogP contribution in [0.4, 0.5) is 10.2 Å². The molecule has 1 aliphatic heterocycles. The first-order chi connectivity index (χ1) is 8.37. The summed E-state index contributed by atoms with van der Waals surface area (Å²) in [6.45, 7) is 0.385. The molecule has 0 atom stereocenters. The fourth-order valence-corrected chi connectivity index (χ4v) is 2.91. The Morgan fingerprint density at radius 1 is 1.33 bits per heavy atom. The van der Waals surface area contributed by atoms with Crippen molar-refractivity contribution in [2.24, 2.45) is 0 Å². The van der Waals surface area contributed by atoms with Gasteiger partial charge in [0.05, 0.1) is 17.1 Å². The molecule has 0 spiro atoms. The van der Waals surface area contributed by atoms with Gasteiger partial charge in [0.1, 0.15) is 5.82 Å². The third kappa shape index (κ3) is 2.76. The minimum atomic E-state index is -3.04. The monoisotopic (exact) mass is 274 g/mol. The number of hydrogen-bond acceptors (Lipinski definition) is 5. The number of carboxylic acids is 1. The molecule has 1 fully saturated rings. The molecule has 1 N–H and O–H groups in total. The van der Waals surface area contributed by atoms with Gasteiger partial charge in [0.2, 0.25) is 5.95 Å². The van der Waals surface area contributed by atoms with Gasteiger partial charge in [-0.1, -0.05) is 0 Å². The molecule has 1 aromatic rings. The van der Waals surface area contributed by atoms with Gasteiger partial charge in [0, 0.05) is 19.2 Å². The van der Waals surface area contributed by atoms with E-state index < -0.39 is 21.8 Å². The molecule has 8 heteroatoms. The summed E-state index contributed by atoms with van der Waals surface area (Å²) >= 11 is 0. The molecule has 0 saturated carbocycles. The van der Waals surface area contributed by atoms with Crippen LogP contribution in [0, 0.1) is 5.95 Å². The lowest BCUT2D eigenvalue weighted by Gasteiger charge is -2.27. The van der Waals surface area contributed by atoms with E-state index >= 15 is 0 Å². The van der Waals surface area contributed by atoms with Crippen molar-refractivity contribution >= 4 is 21.6 Å². The molecular weight excluding hydrogens is 263 g/mol. The molecule has 1 saturated heterocycles. The number of aromatic carboxylic acids is 1. The van der Waals surface area contributed by atoms with Crippen molar-refractivity contribution in [1.29, 1.82) is 0 Å². The number of pyridine rings is 1. The standard InChI is InChI=1S/C10H11FN2O4S/c11-8-5-7(10(14)15)6-9(12-8)13-1-3-18(16,17)4-2-13/h5-6H,1-4H2,(H,14,15). The molecule has 0 aliphatic carbocycles. The normalized spacial score (nSPS) is 18.6. The highest BCUT2D eigenvalue weighted by Gasteiger charge is 2.23. The van der Waals surface area contributed by atoms with E-state index in [1.165, 1.54) is 6.07 Å². The summed E-state index contributed by atoms with van der Waals surface area (Å²) in [5.41, 5.74) is -0.203. The van der Waals surface area contributed by atoms with Crippen LogP contribution in [0.3, 0.4) is 0 Å². The van der Waals surface area contributed by atoms with Gasteiger partial charge < -0.3 is 10.0 Å². The van der Waals surface area contributed by atoms with Gasteiger partial charge >= 0.3 is 5.97 Å². The summed E-state index contributed by atoms with van der Waals surface area (Å²) in [5.74, 6) is -2.05. The van der Waals surface area contributed by atoms with Gasteiger partial charge in [-0.3, -0.25) is 0 Å². The average molecular weight is 274 g/mol. The number of rotatable bonds is 2. The van der Waals surface area contributed by atoms with Crippen molar-refractivity contribution in [3.05, 3.63) is 23.6 Å². The lowest BCUT2D eigenvalue weighted by atomic mass is 10.2. The van der Waals surface area contributed by atoms with Crippen LogP contribution in [-0.2, 0) is 9.84 Å². The third-order valence-electron chi connectivity index (χ3n) is 2.70. The number of aromatic nitrogens is 1. The van der Waals surface area contributed by atoms with Crippen molar-refractivity contribution in [2.45, 2.75) is 0 Å². The minimum Gasteiger partial charge on any atom is -0.478 e. The first-order valence-electron chi connectivity index (χ1n) is 5.24. The summed E-state index contributed by atoms with van der Waals surface area (Å²) in [4.78, 5) is 15.9. The van der Waals surface area contributed by atoms with Crippen LogP contribution >= 0.6 is 0 Å². The fraction of sp³-hybridized carbons (Fsp3) is 0.400. The number of halogens is 1. The van der Waals surface area contributed by atoms with E-state index in [9.17, 15) is 17.6 Å². The molecule has 98 valence electrons. The van der Waals surface area contributed by atoms with E-state index in [0.29, 0.717) is 0 Å². The Hall–Kier alpha value is -1.70. The summed E-state index contributed by atoms with van der Waals surface area (Å²) in [7, 11) is -3.04. The van der Waals surface area contributed by atoms with Crippen molar-refractivity contribution in [1.82, 2.24) is 4.98 Å². The van der Waals surface area contributed by atoms with E-state index in [-0.39, 0.29) is 36.0 Å². The van der Waals surface area contributed by atoms with Gasteiger partial charge in [0.15, 0.2) is 9.84 Å².